The molecule has 42 heavy (non-hydrogen) atoms. The highest BCUT2D eigenvalue weighted by Gasteiger charge is 2.39. The molecular formula is C31H40N4O6S. The number of nitro benzene ring substituents is 1. The second-order valence-corrected chi connectivity index (χ2v) is 11.9. The number of dihydropyridines is 1. The summed E-state index contributed by atoms with van der Waals surface area (Å²) in [4.78, 5) is 41.8. The number of carbonyl (C=O) groups excluding carboxylic acids is 2. The second kappa shape index (κ2) is 15.0. The van der Waals surface area contributed by atoms with Gasteiger partial charge in [-0.05, 0) is 49.7 Å². The first kappa shape index (κ1) is 31.2. The zero-order valence-corrected chi connectivity index (χ0v) is 25.1. The lowest BCUT2D eigenvalue weighted by Crippen LogP contribution is -2.38. The number of hydrogen-bond acceptors (Lipinski definition) is 10. The van der Waals surface area contributed by atoms with Crippen LogP contribution in [-0.2, 0) is 25.6 Å². The average molecular weight is 597 g/mol. The fourth-order valence-corrected chi connectivity index (χ4v) is 6.35. The quantitative estimate of drug-likeness (QED) is 0.135. The molecule has 10 nitrogen and oxygen atoms in total. The van der Waals surface area contributed by atoms with Crippen molar-refractivity contribution in [3.63, 3.8) is 0 Å². The van der Waals surface area contributed by atoms with Gasteiger partial charge in [-0.1, -0.05) is 44.4 Å². The van der Waals surface area contributed by atoms with E-state index in [-0.39, 0.29) is 41.8 Å². The Balaban J connectivity index is 1.53. The Hall–Kier alpha value is -3.70. The summed E-state index contributed by atoms with van der Waals surface area (Å²) >= 11 is 1.73. The molecule has 4 rings (SSSR count). The molecular weight excluding hydrogens is 556 g/mol. The maximum Gasteiger partial charge on any atom is 0.338 e. The molecule has 0 aliphatic carbocycles. The van der Waals surface area contributed by atoms with Gasteiger partial charge in [-0.2, -0.15) is 0 Å². The van der Waals surface area contributed by atoms with Gasteiger partial charge in [-0.3, -0.25) is 15.0 Å². The fraction of sp³-hybridized carbons (Fsp3) is 0.484. The van der Waals surface area contributed by atoms with Gasteiger partial charge < -0.3 is 20.5 Å². The van der Waals surface area contributed by atoms with Crippen molar-refractivity contribution >= 4 is 29.0 Å². The number of nitrogens with two attached hydrogens (primary N) is 1. The number of ether oxygens (including phenoxy) is 2. The molecule has 11 heteroatoms. The number of thiophene rings is 1. The van der Waals surface area contributed by atoms with Crippen LogP contribution in [-0.4, -0.2) is 48.1 Å². The molecule has 2 aliphatic rings. The summed E-state index contributed by atoms with van der Waals surface area (Å²) in [5.74, 6) is -2.03. The van der Waals surface area contributed by atoms with Gasteiger partial charge in [-0.25, -0.2) is 9.59 Å². The highest BCUT2D eigenvalue weighted by atomic mass is 32.1. The average Bonchev–Trinajstić information content (AvgIpc) is 3.48. The van der Waals surface area contributed by atoms with E-state index in [1.807, 2.05) is 6.07 Å². The number of allylic oxidation sites excluding steroid dienone is 1. The van der Waals surface area contributed by atoms with Crippen LogP contribution in [0.25, 0.3) is 0 Å². The lowest BCUT2D eigenvalue weighted by Gasteiger charge is -2.33. The van der Waals surface area contributed by atoms with Gasteiger partial charge in [0.05, 0.1) is 35.2 Å². The van der Waals surface area contributed by atoms with Crippen LogP contribution in [0.4, 0.5) is 5.69 Å². The third kappa shape index (κ3) is 7.98. The van der Waals surface area contributed by atoms with Crippen LogP contribution in [0.3, 0.4) is 0 Å². The summed E-state index contributed by atoms with van der Waals surface area (Å²) in [5, 5.41) is 16.6. The lowest BCUT2D eigenvalue weighted by atomic mass is 9.81. The zero-order valence-electron chi connectivity index (χ0n) is 24.3. The Labute approximate surface area is 250 Å². The summed E-state index contributed by atoms with van der Waals surface area (Å²) in [5.41, 5.74) is 7.25. The molecule has 0 amide bonds. The van der Waals surface area contributed by atoms with Crippen molar-refractivity contribution in [2.45, 2.75) is 64.8 Å². The van der Waals surface area contributed by atoms with Gasteiger partial charge in [0.15, 0.2) is 0 Å². The van der Waals surface area contributed by atoms with E-state index in [2.05, 4.69) is 28.6 Å². The summed E-state index contributed by atoms with van der Waals surface area (Å²) in [6.45, 7) is 6.89. The first-order valence-electron chi connectivity index (χ1n) is 14.6. The maximum absolute atomic E-state index is 13.7. The number of likely N-dealkylation sites (tertiary alicyclic amines) is 1. The summed E-state index contributed by atoms with van der Waals surface area (Å²) in [7, 11) is 0. The molecule has 2 aromatic rings. The number of esters is 2. The Kier molecular flexibility index (Phi) is 11.1. The normalized spacial score (nSPS) is 19.4. The largest absolute Gasteiger partial charge is 0.462 e. The third-order valence-corrected chi connectivity index (χ3v) is 8.55. The third-order valence-electron chi connectivity index (χ3n) is 7.69. The molecule has 0 spiro atoms. The minimum absolute atomic E-state index is 0.0466. The van der Waals surface area contributed by atoms with E-state index in [1.165, 1.54) is 23.1 Å². The van der Waals surface area contributed by atoms with Crippen LogP contribution >= 0.6 is 11.3 Å². The Bertz CT molecular complexity index is 1320. The van der Waals surface area contributed by atoms with E-state index < -0.39 is 22.8 Å². The van der Waals surface area contributed by atoms with Crippen molar-refractivity contribution in [3.05, 3.63) is 85.0 Å². The number of non-ortho nitro benzene ring substituents is 1. The molecule has 0 saturated carbocycles. The number of carbonyl (C=O) groups is 2. The molecule has 1 fully saturated rings. The number of nitro groups is 1. The zero-order chi connectivity index (χ0) is 30.1. The SMILES string of the molecule is CCCCCCOC(=O)C1=C(C)NC(N)=C(C(=O)OCC2CCCN(Cc3cccs3)C2)C1c1cccc([N+](=O)[O-])c1. The minimum Gasteiger partial charge on any atom is -0.462 e. The molecule has 2 unspecified atom stereocenters. The predicted molar refractivity (Wildman–Crippen MR) is 161 cm³/mol. The van der Waals surface area contributed by atoms with E-state index in [0.29, 0.717) is 11.3 Å². The molecule has 0 radical (unpaired) electrons. The first-order chi connectivity index (χ1) is 20.3. The molecule has 2 aliphatic heterocycles. The summed E-state index contributed by atoms with van der Waals surface area (Å²) < 4.78 is 11.5. The highest BCUT2D eigenvalue weighted by molar-refractivity contribution is 7.09. The predicted octanol–water partition coefficient (Wildman–Crippen LogP) is 5.37. The topological polar surface area (TPSA) is 137 Å². The Morgan fingerprint density at radius 3 is 2.69 bits per heavy atom. The molecule has 1 saturated heterocycles. The first-order valence-corrected chi connectivity index (χ1v) is 15.5. The van der Waals surface area contributed by atoms with Gasteiger partial charge in [0.1, 0.15) is 5.82 Å². The second-order valence-electron chi connectivity index (χ2n) is 10.9. The molecule has 3 N–H and O–H groups in total. The van der Waals surface area contributed by atoms with E-state index in [1.54, 1.807) is 24.3 Å². The van der Waals surface area contributed by atoms with Gasteiger partial charge in [0.2, 0.25) is 0 Å². The summed E-state index contributed by atoms with van der Waals surface area (Å²) in [6.07, 6.45) is 5.69. The van der Waals surface area contributed by atoms with E-state index >= 15 is 0 Å². The number of hydrogen-bond donors (Lipinski definition) is 2. The molecule has 1 aromatic carbocycles. The van der Waals surface area contributed by atoms with Gasteiger partial charge in [0, 0.05) is 41.7 Å². The van der Waals surface area contributed by atoms with Crippen molar-refractivity contribution in [2.24, 2.45) is 11.7 Å². The monoisotopic (exact) mass is 596 g/mol. The van der Waals surface area contributed by atoms with Crippen LogP contribution in [0.15, 0.2) is 64.4 Å². The lowest BCUT2D eigenvalue weighted by molar-refractivity contribution is -0.384. The van der Waals surface area contributed by atoms with Crippen molar-refractivity contribution in [3.8, 4) is 0 Å². The number of nitrogens with zero attached hydrogens (tertiary/aromatic N) is 2. The van der Waals surface area contributed by atoms with Crippen molar-refractivity contribution in [1.82, 2.24) is 10.2 Å². The maximum atomic E-state index is 13.7. The molecule has 0 bridgehead atoms. The molecule has 3 heterocycles. The summed E-state index contributed by atoms with van der Waals surface area (Å²) in [6, 6.07) is 10.1. The molecule has 2 atom stereocenters. The fourth-order valence-electron chi connectivity index (χ4n) is 5.60. The number of piperidine rings is 1. The number of unbranched alkanes of at least 4 members (excludes halogenated alkanes) is 3. The Morgan fingerprint density at radius 1 is 1.14 bits per heavy atom. The molecule has 1 aromatic heterocycles. The van der Waals surface area contributed by atoms with Gasteiger partial charge in [0.25, 0.3) is 5.69 Å². The number of nitrogens with one attached hydrogen (secondary N) is 1. The number of benzene rings is 1. The highest BCUT2D eigenvalue weighted by Crippen LogP contribution is 2.39. The van der Waals surface area contributed by atoms with Crippen LogP contribution in [0, 0.1) is 16.0 Å². The van der Waals surface area contributed by atoms with Crippen LogP contribution in [0.2, 0.25) is 0 Å². The minimum atomic E-state index is -0.983. The van der Waals surface area contributed by atoms with E-state index in [4.69, 9.17) is 15.2 Å². The van der Waals surface area contributed by atoms with Crippen molar-refractivity contribution in [2.75, 3.05) is 26.3 Å². The van der Waals surface area contributed by atoms with Crippen molar-refractivity contribution < 1.29 is 24.0 Å². The van der Waals surface area contributed by atoms with E-state index in [0.717, 1.165) is 58.2 Å². The number of rotatable bonds is 13. The standard InChI is InChI=1S/C31H40N4O6S/c1-3-4-5-6-15-40-30(36)26-21(2)33-29(32)28(27(26)23-11-7-12-24(17-23)35(38)39)31(37)41-20-22-10-8-14-34(18-22)19-25-13-9-16-42-25/h7,9,11-13,16-17,22,27,33H,3-6,8,10,14-15,18-20,32H2,1-2H3. The van der Waals surface area contributed by atoms with Gasteiger partial charge >= 0.3 is 11.9 Å². The Morgan fingerprint density at radius 2 is 1.95 bits per heavy atom. The van der Waals surface area contributed by atoms with Gasteiger partial charge in [-0.15, -0.1) is 11.3 Å². The molecule has 226 valence electrons. The van der Waals surface area contributed by atoms with Crippen molar-refractivity contribution in [1.29, 1.82) is 0 Å². The van der Waals surface area contributed by atoms with E-state index in [9.17, 15) is 19.7 Å². The smallest absolute Gasteiger partial charge is 0.338 e. The van der Waals surface area contributed by atoms with Crippen LogP contribution in [0.1, 0.15) is 68.7 Å². The van der Waals surface area contributed by atoms with Crippen LogP contribution < -0.4 is 11.1 Å². The van der Waals surface area contributed by atoms with Crippen LogP contribution in [0.5, 0.6) is 0 Å².